The van der Waals surface area contributed by atoms with Gasteiger partial charge in [0.1, 0.15) is 0 Å². The van der Waals surface area contributed by atoms with Gasteiger partial charge in [0.25, 0.3) is 5.56 Å². The molecule has 0 aromatic carbocycles. The Morgan fingerprint density at radius 1 is 1.64 bits per heavy atom. The van der Waals surface area contributed by atoms with Gasteiger partial charge in [0.2, 0.25) is 0 Å². The monoisotopic (exact) mass is 152 g/mol. The van der Waals surface area contributed by atoms with E-state index in [2.05, 4.69) is 10.2 Å². The molecule has 1 N–H and O–H groups in total. The van der Waals surface area contributed by atoms with E-state index in [0.717, 1.165) is 0 Å². The average Bonchev–Trinajstić information content (AvgIpc) is 1.85. The molecule has 0 saturated carbocycles. The molecule has 0 spiro atoms. The highest BCUT2D eigenvalue weighted by Gasteiger charge is 2.07. The Hall–Kier alpha value is -1.45. The first-order chi connectivity index (χ1) is 5.13. The Morgan fingerprint density at radius 2 is 2.27 bits per heavy atom. The first-order valence-corrected chi connectivity index (χ1v) is 3.18. The number of hydrogen-bond donors (Lipinski definition) is 1. The molecule has 0 atom stereocenters. The lowest BCUT2D eigenvalue weighted by Gasteiger charge is -1.96. The molecule has 0 aliphatic rings. The van der Waals surface area contributed by atoms with Crippen LogP contribution in [0.4, 0.5) is 0 Å². The Kier molecular flexibility index (Phi) is 1.85. The van der Waals surface area contributed by atoms with Gasteiger partial charge in [-0.1, -0.05) is 0 Å². The van der Waals surface area contributed by atoms with Crippen molar-refractivity contribution < 1.29 is 4.79 Å². The topological polar surface area (TPSA) is 62.8 Å². The van der Waals surface area contributed by atoms with Crippen LogP contribution in [-0.2, 0) is 0 Å². The summed E-state index contributed by atoms with van der Waals surface area (Å²) in [7, 11) is 0. The molecule has 0 saturated heterocycles. The van der Waals surface area contributed by atoms with Crippen LogP contribution < -0.4 is 5.56 Å². The molecule has 4 nitrogen and oxygen atoms in total. The smallest absolute Gasteiger partial charge is 0.275 e. The third kappa shape index (κ3) is 1.34. The molecule has 0 amide bonds. The standard InChI is InChI=1S/C7H8N2O2/c1-4-3-8-9-7(11)6(4)5(2)10/h3H,1-2H3,(H,9,11). The summed E-state index contributed by atoms with van der Waals surface area (Å²) in [5.74, 6) is -0.230. The van der Waals surface area contributed by atoms with E-state index >= 15 is 0 Å². The van der Waals surface area contributed by atoms with E-state index in [4.69, 9.17) is 0 Å². The molecular formula is C7H8N2O2. The lowest BCUT2D eigenvalue weighted by molar-refractivity contribution is 0.101. The van der Waals surface area contributed by atoms with Crippen molar-refractivity contribution in [1.29, 1.82) is 0 Å². The van der Waals surface area contributed by atoms with Gasteiger partial charge in [0.05, 0.1) is 11.8 Å². The maximum absolute atomic E-state index is 10.9. The number of carbonyl (C=O) groups excluding carboxylic acids is 1. The number of H-pyrrole nitrogens is 1. The number of nitrogens with zero attached hydrogens (tertiary/aromatic N) is 1. The Morgan fingerprint density at radius 3 is 2.64 bits per heavy atom. The third-order valence-electron chi connectivity index (χ3n) is 1.40. The number of aromatic amines is 1. The van der Waals surface area contributed by atoms with Crippen LogP contribution in [0.3, 0.4) is 0 Å². The summed E-state index contributed by atoms with van der Waals surface area (Å²) >= 11 is 0. The van der Waals surface area contributed by atoms with Crippen molar-refractivity contribution in [2.24, 2.45) is 0 Å². The lowest BCUT2D eigenvalue weighted by Crippen LogP contribution is -2.18. The zero-order chi connectivity index (χ0) is 8.43. The fraction of sp³-hybridized carbons (Fsp3) is 0.286. The van der Waals surface area contributed by atoms with Crippen LogP contribution in [0.15, 0.2) is 11.0 Å². The summed E-state index contributed by atoms with van der Waals surface area (Å²) in [6.07, 6.45) is 1.46. The molecule has 1 rings (SSSR count). The fourth-order valence-electron chi connectivity index (χ4n) is 0.925. The van der Waals surface area contributed by atoms with E-state index in [0.29, 0.717) is 5.56 Å². The van der Waals surface area contributed by atoms with Crippen LogP contribution in [0.5, 0.6) is 0 Å². The van der Waals surface area contributed by atoms with Gasteiger partial charge in [0, 0.05) is 0 Å². The quantitative estimate of drug-likeness (QED) is 0.588. The van der Waals surface area contributed by atoms with Crippen molar-refractivity contribution in [3.63, 3.8) is 0 Å². The zero-order valence-corrected chi connectivity index (χ0v) is 6.34. The van der Waals surface area contributed by atoms with Gasteiger partial charge in [-0.15, -0.1) is 0 Å². The molecule has 11 heavy (non-hydrogen) atoms. The van der Waals surface area contributed by atoms with Crippen molar-refractivity contribution in [2.75, 3.05) is 0 Å². The van der Waals surface area contributed by atoms with E-state index in [9.17, 15) is 9.59 Å². The molecule has 0 radical (unpaired) electrons. The van der Waals surface area contributed by atoms with E-state index in [1.807, 2.05) is 0 Å². The van der Waals surface area contributed by atoms with Crippen LogP contribution in [0.25, 0.3) is 0 Å². The molecule has 1 aromatic heterocycles. The second-order valence-corrected chi connectivity index (χ2v) is 2.31. The summed E-state index contributed by atoms with van der Waals surface area (Å²) in [5, 5.41) is 5.73. The van der Waals surface area contributed by atoms with Gasteiger partial charge in [-0.3, -0.25) is 9.59 Å². The number of Topliss-reactive ketones (excluding diaryl/α,β-unsaturated/α-hetero) is 1. The number of carbonyl (C=O) groups is 1. The Labute approximate surface area is 63.3 Å². The molecule has 0 unspecified atom stereocenters. The van der Waals surface area contributed by atoms with Crippen LogP contribution in [0.2, 0.25) is 0 Å². The van der Waals surface area contributed by atoms with Crippen molar-refractivity contribution in [3.8, 4) is 0 Å². The van der Waals surface area contributed by atoms with Crippen molar-refractivity contribution >= 4 is 5.78 Å². The molecule has 0 aliphatic carbocycles. The average molecular weight is 152 g/mol. The number of hydrogen-bond acceptors (Lipinski definition) is 3. The second-order valence-electron chi connectivity index (χ2n) is 2.31. The van der Waals surface area contributed by atoms with Crippen molar-refractivity contribution in [1.82, 2.24) is 10.2 Å². The van der Waals surface area contributed by atoms with Gasteiger partial charge in [-0.2, -0.15) is 5.10 Å². The number of aryl methyl sites for hydroxylation is 1. The fourth-order valence-corrected chi connectivity index (χ4v) is 0.925. The van der Waals surface area contributed by atoms with Gasteiger partial charge in [0.15, 0.2) is 5.78 Å². The highest BCUT2D eigenvalue weighted by Crippen LogP contribution is 1.98. The summed E-state index contributed by atoms with van der Waals surface area (Å²) < 4.78 is 0. The van der Waals surface area contributed by atoms with E-state index in [1.54, 1.807) is 6.92 Å². The number of ketones is 1. The number of aromatic nitrogens is 2. The molecule has 0 fully saturated rings. The summed E-state index contributed by atoms with van der Waals surface area (Å²) in [4.78, 5) is 21.8. The normalized spacial score (nSPS) is 9.64. The largest absolute Gasteiger partial charge is 0.294 e. The molecule has 58 valence electrons. The van der Waals surface area contributed by atoms with E-state index < -0.39 is 5.56 Å². The number of rotatable bonds is 1. The molecule has 4 heteroatoms. The van der Waals surface area contributed by atoms with Gasteiger partial charge in [-0.25, -0.2) is 5.10 Å². The summed E-state index contributed by atoms with van der Waals surface area (Å²) in [5.41, 5.74) is 0.388. The minimum absolute atomic E-state index is 0.194. The predicted octanol–water partition coefficient (Wildman–Crippen LogP) is 0.281. The molecule has 0 aliphatic heterocycles. The molecular weight excluding hydrogens is 144 g/mol. The Bertz CT molecular complexity index is 341. The maximum atomic E-state index is 10.9. The highest BCUT2D eigenvalue weighted by molar-refractivity contribution is 5.94. The van der Waals surface area contributed by atoms with E-state index in [1.165, 1.54) is 13.1 Å². The molecule has 1 heterocycles. The first-order valence-electron chi connectivity index (χ1n) is 3.18. The summed E-state index contributed by atoms with van der Waals surface area (Å²) in [6.45, 7) is 3.04. The number of nitrogens with one attached hydrogen (secondary N) is 1. The maximum Gasteiger partial charge on any atom is 0.275 e. The van der Waals surface area contributed by atoms with E-state index in [-0.39, 0.29) is 11.3 Å². The van der Waals surface area contributed by atoms with Gasteiger partial charge < -0.3 is 0 Å². The highest BCUT2D eigenvalue weighted by atomic mass is 16.1. The SMILES string of the molecule is CC(=O)c1c(C)cn[nH]c1=O. The third-order valence-corrected chi connectivity index (χ3v) is 1.40. The van der Waals surface area contributed by atoms with Gasteiger partial charge >= 0.3 is 0 Å². The Balaban J connectivity index is 3.45. The van der Waals surface area contributed by atoms with Crippen molar-refractivity contribution in [2.45, 2.75) is 13.8 Å². The lowest BCUT2D eigenvalue weighted by atomic mass is 10.1. The first kappa shape index (κ1) is 7.65. The summed E-state index contributed by atoms with van der Waals surface area (Å²) in [6, 6.07) is 0. The van der Waals surface area contributed by atoms with Gasteiger partial charge in [-0.05, 0) is 19.4 Å². The zero-order valence-electron chi connectivity index (χ0n) is 6.34. The minimum Gasteiger partial charge on any atom is -0.294 e. The van der Waals surface area contributed by atoms with Crippen molar-refractivity contribution in [3.05, 3.63) is 27.7 Å². The minimum atomic E-state index is -0.419. The molecule has 1 aromatic rings. The van der Waals surface area contributed by atoms with Crippen LogP contribution in [0.1, 0.15) is 22.8 Å². The van der Waals surface area contributed by atoms with Crippen LogP contribution >= 0.6 is 0 Å². The second kappa shape index (κ2) is 2.65. The molecule has 0 bridgehead atoms. The van der Waals surface area contributed by atoms with Crippen LogP contribution in [0, 0.1) is 6.92 Å². The predicted molar refractivity (Wildman–Crippen MR) is 39.6 cm³/mol. The van der Waals surface area contributed by atoms with Crippen LogP contribution in [-0.4, -0.2) is 16.0 Å².